The van der Waals surface area contributed by atoms with Crippen molar-refractivity contribution in [3.63, 3.8) is 0 Å². The molecule has 160 valence electrons. The Morgan fingerprint density at radius 2 is 1.97 bits per heavy atom. The van der Waals surface area contributed by atoms with E-state index in [2.05, 4.69) is 15.3 Å². The van der Waals surface area contributed by atoms with Crippen LogP contribution in [-0.2, 0) is 4.79 Å². The van der Waals surface area contributed by atoms with Gasteiger partial charge in [-0.3, -0.25) is 9.78 Å². The van der Waals surface area contributed by atoms with E-state index >= 15 is 0 Å². The van der Waals surface area contributed by atoms with E-state index in [4.69, 9.17) is 9.72 Å². The van der Waals surface area contributed by atoms with Crippen molar-refractivity contribution < 1.29 is 13.9 Å². The van der Waals surface area contributed by atoms with Gasteiger partial charge in [0.2, 0.25) is 5.91 Å². The molecule has 3 heterocycles. The van der Waals surface area contributed by atoms with Crippen molar-refractivity contribution in [2.75, 3.05) is 25.0 Å². The van der Waals surface area contributed by atoms with E-state index in [1.807, 2.05) is 23.1 Å². The molecule has 1 fully saturated rings. The van der Waals surface area contributed by atoms with Crippen LogP contribution in [0, 0.1) is 5.82 Å². The highest BCUT2D eigenvalue weighted by Gasteiger charge is 2.24. The van der Waals surface area contributed by atoms with E-state index < -0.39 is 0 Å². The van der Waals surface area contributed by atoms with E-state index in [1.165, 1.54) is 12.1 Å². The summed E-state index contributed by atoms with van der Waals surface area (Å²) in [5, 5.41) is 3.16. The first kappa shape index (κ1) is 20.7. The van der Waals surface area contributed by atoms with Gasteiger partial charge in [0.05, 0.1) is 19.2 Å². The number of carbonyl (C=O) groups excluding carboxylic acids is 1. The van der Waals surface area contributed by atoms with Gasteiger partial charge in [-0.1, -0.05) is 12.1 Å². The number of ether oxygens (including phenoxy) is 1. The summed E-state index contributed by atoms with van der Waals surface area (Å²) in [6.07, 6.45) is 6.89. The van der Waals surface area contributed by atoms with Crippen LogP contribution in [0.2, 0.25) is 0 Å². The molecule has 1 aliphatic heterocycles. The number of piperidine rings is 1. The third-order valence-electron chi connectivity index (χ3n) is 5.24. The number of amides is 1. The Labute approximate surface area is 180 Å². The lowest BCUT2D eigenvalue weighted by molar-refractivity contribution is -0.132. The molecular formula is C23H24FN5O2. The number of nitrogens with zero attached hydrogens (tertiary/aromatic N) is 4. The Morgan fingerprint density at radius 1 is 1.13 bits per heavy atom. The number of anilines is 2. The zero-order chi connectivity index (χ0) is 21.5. The summed E-state index contributed by atoms with van der Waals surface area (Å²) in [6, 6.07) is 11.8. The van der Waals surface area contributed by atoms with E-state index in [0.29, 0.717) is 30.6 Å². The molecule has 1 amide bonds. The quantitative estimate of drug-likeness (QED) is 0.623. The van der Waals surface area contributed by atoms with Crippen LogP contribution in [0.1, 0.15) is 30.9 Å². The van der Waals surface area contributed by atoms with Crippen LogP contribution in [0.25, 0.3) is 0 Å². The van der Waals surface area contributed by atoms with Gasteiger partial charge in [0.25, 0.3) is 0 Å². The normalized spacial score (nSPS) is 14.3. The average Bonchev–Trinajstić information content (AvgIpc) is 2.80. The first-order valence-corrected chi connectivity index (χ1v) is 10.3. The van der Waals surface area contributed by atoms with Crippen molar-refractivity contribution in [3.05, 3.63) is 72.6 Å². The molecule has 0 saturated carbocycles. The minimum absolute atomic E-state index is 0.0564. The smallest absolute Gasteiger partial charge is 0.225 e. The lowest BCUT2D eigenvalue weighted by Gasteiger charge is -2.32. The first-order chi connectivity index (χ1) is 15.2. The predicted molar refractivity (Wildman–Crippen MR) is 115 cm³/mol. The summed E-state index contributed by atoms with van der Waals surface area (Å²) < 4.78 is 18.7. The topological polar surface area (TPSA) is 80.2 Å². The number of rotatable bonds is 7. The Kier molecular flexibility index (Phi) is 6.66. The van der Waals surface area contributed by atoms with Gasteiger partial charge in [0.1, 0.15) is 23.2 Å². The second kappa shape index (κ2) is 9.97. The van der Waals surface area contributed by atoms with E-state index in [-0.39, 0.29) is 24.8 Å². The fourth-order valence-corrected chi connectivity index (χ4v) is 3.64. The van der Waals surface area contributed by atoms with Crippen LogP contribution in [0.5, 0.6) is 5.75 Å². The number of hydrogen-bond acceptors (Lipinski definition) is 6. The summed E-state index contributed by atoms with van der Waals surface area (Å²) in [6.45, 7) is 1.61. The summed E-state index contributed by atoms with van der Waals surface area (Å²) in [5.41, 5.74) is 1.01. The van der Waals surface area contributed by atoms with Crippen LogP contribution >= 0.6 is 0 Å². The standard InChI is InChI=1S/C23H24FN5O2/c24-18-3-1-4-19(15-18)31-14-9-23(30)29-12-7-17(8-13-29)20-5-2-6-21(27-20)28-22-16-25-10-11-26-22/h1-6,10-11,15-17H,7-9,12-14H2,(H,26,27,28). The molecule has 0 bridgehead atoms. The molecule has 1 N–H and O–H groups in total. The highest BCUT2D eigenvalue weighted by atomic mass is 19.1. The third kappa shape index (κ3) is 5.75. The van der Waals surface area contributed by atoms with Gasteiger partial charge >= 0.3 is 0 Å². The molecule has 31 heavy (non-hydrogen) atoms. The number of aromatic nitrogens is 3. The monoisotopic (exact) mass is 421 g/mol. The molecule has 7 nitrogen and oxygen atoms in total. The summed E-state index contributed by atoms with van der Waals surface area (Å²) in [5.74, 6) is 1.82. The molecule has 0 atom stereocenters. The van der Waals surface area contributed by atoms with Gasteiger partial charge in [0.15, 0.2) is 0 Å². The van der Waals surface area contributed by atoms with Crippen molar-refractivity contribution in [2.24, 2.45) is 0 Å². The molecular weight excluding hydrogens is 397 g/mol. The fraction of sp³-hybridized carbons (Fsp3) is 0.304. The van der Waals surface area contributed by atoms with Crippen LogP contribution in [-0.4, -0.2) is 45.5 Å². The van der Waals surface area contributed by atoms with Crippen molar-refractivity contribution in [2.45, 2.75) is 25.2 Å². The lowest BCUT2D eigenvalue weighted by atomic mass is 9.93. The molecule has 4 rings (SSSR count). The van der Waals surface area contributed by atoms with Crippen LogP contribution in [0.3, 0.4) is 0 Å². The molecule has 0 radical (unpaired) electrons. The molecule has 0 aliphatic carbocycles. The maximum absolute atomic E-state index is 13.2. The molecule has 1 aliphatic rings. The lowest BCUT2D eigenvalue weighted by Crippen LogP contribution is -2.38. The van der Waals surface area contributed by atoms with Gasteiger partial charge < -0.3 is 15.0 Å². The summed E-state index contributed by atoms with van der Waals surface area (Å²) in [4.78, 5) is 27.3. The third-order valence-corrected chi connectivity index (χ3v) is 5.24. The van der Waals surface area contributed by atoms with Gasteiger partial charge in [-0.05, 0) is 37.1 Å². The van der Waals surface area contributed by atoms with E-state index in [9.17, 15) is 9.18 Å². The zero-order valence-electron chi connectivity index (χ0n) is 17.1. The highest BCUT2D eigenvalue weighted by Crippen LogP contribution is 2.28. The second-order valence-corrected chi connectivity index (χ2v) is 7.37. The zero-order valence-corrected chi connectivity index (χ0v) is 17.1. The minimum Gasteiger partial charge on any atom is -0.493 e. The van der Waals surface area contributed by atoms with Crippen molar-refractivity contribution >= 4 is 17.5 Å². The maximum Gasteiger partial charge on any atom is 0.225 e. The molecule has 3 aromatic rings. The average molecular weight is 421 g/mol. The molecule has 2 aromatic heterocycles. The Bertz CT molecular complexity index is 1010. The largest absolute Gasteiger partial charge is 0.493 e. The number of carbonyl (C=O) groups is 1. The van der Waals surface area contributed by atoms with Gasteiger partial charge in [-0.15, -0.1) is 0 Å². The Balaban J connectivity index is 1.25. The summed E-state index contributed by atoms with van der Waals surface area (Å²) >= 11 is 0. The second-order valence-electron chi connectivity index (χ2n) is 7.37. The van der Waals surface area contributed by atoms with E-state index in [1.54, 1.807) is 30.7 Å². The fourth-order valence-electron chi connectivity index (χ4n) is 3.64. The molecule has 8 heteroatoms. The van der Waals surface area contributed by atoms with Crippen molar-refractivity contribution in [1.29, 1.82) is 0 Å². The van der Waals surface area contributed by atoms with Crippen molar-refractivity contribution in [3.8, 4) is 5.75 Å². The number of likely N-dealkylation sites (tertiary alicyclic amines) is 1. The Hall–Kier alpha value is -3.55. The van der Waals surface area contributed by atoms with Gasteiger partial charge in [-0.25, -0.2) is 14.4 Å². The molecule has 0 unspecified atom stereocenters. The van der Waals surface area contributed by atoms with Crippen LogP contribution in [0.4, 0.5) is 16.0 Å². The molecule has 0 spiro atoms. The van der Waals surface area contributed by atoms with Gasteiger partial charge in [0, 0.05) is 43.2 Å². The maximum atomic E-state index is 13.2. The van der Waals surface area contributed by atoms with Crippen molar-refractivity contribution in [1.82, 2.24) is 19.9 Å². The number of pyridine rings is 1. The number of hydrogen-bond donors (Lipinski definition) is 1. The minimum atomic E-state index is -0.351. The summed E-state index contributed by atoms with van der Waals surface area (Å²) in [7, 11) is 0. The SMILES string of the molecule is O=C(CCOc1cccc(F)c1)N1CCC(c2cccc(Nc3cnccn3)n2)CC1. The van der Waals surface area contributed by atoms with Crippen LogP contribution < -0.4 is 10.1 Å². The highest BCUT2D eigenvalue weighted by molar-refractivity contribution is 5.76. The Morgan fingerprint density at radius 3 is 2.74 bits per heavy atom. The van der Waals surface area contributed by atoms with Crippen LogP contribution in [0.15, 0.2) is 61.1 Å². The molecule has 1 aromatic carbocycles. The number of halogens is 1. The number of benzene rings is 1. The number of nitrogens with one attached hydrogen (secondary N) is 1. The van der Waals surface area contributed by atoms with E-state index in [0.717, 1.165) is 24.4 Å². The predicted octanol–water partition coefficient (Wildman–Crippen LogP) is 3.93. The van der Waals surface area contributed by atoms with Gasteiger partial charge in [-0.2, -0.15) is 0 Å². The molecule has 1 saturated heterocycles. The first-order valence-electron chi connectivity index (χ1n) is 10.3.